The van der Waals surface area contributed by atoms with Crippen LogP contribution in [0.4, 0.5) is 11.4 Å². The maximum Gasteiger partial charge on any atom is 0.244 e. The number of hydrogen-bond donors (Lipinski definition) is 0. The standard InChI is InChI=1S/C22H26N4O3S/c1-6-26(7-2)19-13-15(3)18(14-21(19)30(28,29)25(4)5)24-17-10-11-20(27)22-16(17)9-8-12-23-22/h8-14H,6-7H2,1-5H3. The molecular weight excluding hydrogens is 400 g/mol. The van der Waals surface area contributed by atoms with Crippen LogP contribution in [0.25, 0.3) is 0 Å². The highest BCUT2D eigenvalue weighted by molar-refractivity contribution is 7.89. The number of carbonyl (C=O) groups excluding carboxylic acids is 1. The van der Waals surface area contributed by atoms with Crippen molar-refractivity contribution in [1.82, 2.24) is 9.29 Å². The van der Waals surface area contributed by atoms with Gasteiger partial charge >= 0.3 is 0 Å². The number of nitrogens with zero attached hydrogens (tertiary/aromatic N) is 4. The first kappa shape index (κ1) is 21.9. The number of rotatable bonds is 6. The van der Waals surface area contributed by atoms with Crippen molar-refractivity contribution in [3.8, 4) is 0 Å². The lowest BCUT2D eigenvalue weighted by Crippen LogP contribution is -2.28. The summed E-state index contributed by atoms with van der Waals surface area (Å²) in [6.45, 7) is 7.26. The summed E-state index contributed by atoms with van der Waals surface area (Å²) >= 11 is 0. The molecule has 0 spiro atoms. The number of aliphatic imine (C=N–C) groups is 1. The quantitative estimate of drug-likeness (QED) is 0.707. The molecule has 3 rings (SSSR count). The molecule has 158 valence electrons. The minimum atomic E-state index is -3.68. The minimum Gasteiger partial charge on any atom is -0.371 e. The van der Waals surface area contributed by atoms with Gasteiger partial charge in [0.2, 0.25) is 15.8 Å². The van der Waals surface area contributed by atoms with Gasteiger partial charge in [0.05, 0.1) is 17.1 Å². The van der Waals surface area contributed by atoms with Crippen molar-refractivity contribution in [3.63, 3.8) is 0 Å². The number of pyridine rings is 1. The van der Waals surface area contributed by atoms with Gasteiger partial charge in [0, 0.05) is 38.9 Å². The molecule has 0 unspecified atom stereocenters. The molecule has 0 bridgehead atoms. The van der Waals surface area contributed by atoms with E-state index in [4.69, 9.17) is 4.99 Å². The minimum absolute atomic E-state index is 0.172. The van der Waals surface area contributed by atoms with E-state index in [-0.39, 0.29) is 10.7 Å². The molecule has 8 heteroatoms. The molecular formula is C22H26N4O3S. The molecule has 0 aliphatic heterocycles. The van der Waals surface area contributed by atoms with Crippen molar-refractivity contribution in [3.05, 3.63) is 59.4 Å². The SMILES string of the molecule is CCN(CC)c1cc(C)c(N=C2C=CC(=O)c3ncccc32)cc1S(=O)(=O)N(C)C. The van der Waals surface area contributed by atoms with Gasteiger partial charge < -0.3 is 4.90 Å². The number of carbonyl (C=O) groups is 1. The first-order valence-electron chi connectivity index (χ1n) is 9.79. The summed E-state index contributed by atoms with van der Waals surface area (Å²) in [5, 5.41) is 0. The van der Waals surface area contributed by atoms with Crippen LogP contribution in [0.2, 0.25) is 0 Å². The Kier molecular flexibility index (Phi) is 6.19. The fraction of sp³-hybridized carbons (Fsp3) is 0.318. The second-order valence-corrected chi connectivity index (χ2v) is 9.28. The maximum atomic E-state index is 13.1. The van der Waals surface area contributed by atoms with E-state index < -0.39 is 10.0 Å². The molecule has 7 nitrogen and oxygen atoms in total. The number of sulfonamides is 1. The molecule has 2 aromatic rings. The van der Waals surface area contributed by atoms with Gasteiger partial charge in [-0.05, 0) is 62.8 Å². The Morgan fingerprint density at radius 2 is 1.80 bits per heavy atom. The number of hydrogen-bond acceptors (Lipinski definition) is 6. The second-order valence-electron chi connectivity index (χ2n) is 7.16. The van der Waals surface area contributed by atoms with E-state index in [0.29, 0.717) is 41.4 Å². The van der Waals surface area contributed by atoms with Crippen LogP contribution in [0.15, 0.2) is 52.5 Å². The molecule has 0 fully saturated rings. The highest BCUT2D eigenvalue weighted by Gasteiger charge is 2.26. The van der Waals surface area contributed by atoms with E-state index in [9.17, 15) is 13.2 Å². The second kappa shape index (κ2) is 8.49. The van der Waals surface area contributed by atoms with Gasteiger partial charge in [-0.3, -0.25) is 9.78 Å². The predicted octanol–water partition coefficient (Wildman–Crippen LogP) is 3.36. The average molecular weight is 427 g/mol. The van der Waals surface area contributed by atoms with Gasteiger partial charge in [0.1, 0.15) is 10.6 Å². The van der Waals surface area contributed by atoms with Crippen molar-refractivity contribution in [2.24, 2.45) is 4.99 Å². The largest absolute Gasteiger partial charge is 0.371 e. The number of fused-ring (bicyclic) bond motifs is 1. The van der Waals surface area contributed by atoms with Crippen molar-refractivity contribution in [2.45, 2.75) is 25.7 Å². The Labute approximate surface area is 177 Å². The Bertz CT molecular complexity index is 1150. The van der Waals surface area contributed by atoms with Crippen LogP contribution in [0.5, 0.6) is 0 Å². The number of allylic oxidation sites excluding steroid dienone is 2. The molecule has 1 heterocycles. The molecule has 0 amide bonds. The Balaban J connectivity index is 2.24. The number of aryl methyl sites for hydroxylation is 1. The first-order valence-corrected chi connectivity index (χ1v) is 11.2. The molecule has 30 heavy (non-hydrogen) atoms. The Morgan fingerprint density at radius 3 is 2.43 bits per heavy atom. The van der Waals surface area contributed by atoms with Crippen LogP contribution >= 0.6 is 0 Å². The zero-order valence-electron chi connectivity index (χ0n) is 17.9. The monoisotopic (exact) mass is 426 g/mol. The molecule has 0 N–H and O–H groups in total. The van der Waals surface area contributed by atoms with E-state index in [0.717, 1.165) is 5.56 Å². The summed E-state index contributed by atoms with van der Waals surface area (Å²) in [6.07, 6.45) is 4.65. The lowest BCUT2D eigenvalue weighted by Gasteiger charge is -2.26. The summed E-state index contributed by atoms with van der Waals surface area (Å²) in [4.78, 5) is 23.2. The zero-order valence-corrected chi connectivity index (χ0v) is 18.7. The van der Waals surface area contributed by atoms with Crippen LogP contribution in [0.1, 0.15) is 35.5 Å². The first-order chi connectivity index (χ1) is 14.2. The lowest BCUT2D eigenvalue weighted by atomic mass is 9.99. The van der Waals surface area contributed by atoms with E-state index in [1.807, 2.05) is 31.7 Å². The van der Waals surface area contributed by atoms with E-state index in [1.54, 1.807) is 30.5 Å². The van der Waals surface area contributed by atoms with Crippen LogP contribution < -0.4 is 4.90 Å². The topological polar surface area (TPSA) is 82.9 Å². The van der Waals surface area contributed by atoms with E-state index in [2.05, 4.69) is 4.98 Å². The van der Waals surface area contributed by atoms with Crippen molar-refractivity contribution >= 4 is 32.9 Å². The number of aromatic nitrogens is 1. The van der Waals surface area contributed by atoms with Crippen molar-refractivity contribution in [1.29, 1.82) is 0 Å². The molecule has 0 saturated heterocycles. The van der Waals surface area contributed by atoms with Gasteiger partial charge in [-0.2, -0.15) is 0 Å². The number of anilines is 1. The van der Waals surface area contributed by atoms with Crippen LogP contribution in [0.3, 0.4) is 0 Å². The fourth-order valence-electron chi connectivity index (χ4n) is 3.36. The predicted molar refractivity (Wildman–Crippen MR) is 120 cm³/mol. The van der Waals surface area contributed by atoms with Crippen molar-refractivity contribution in [2.75, 3.05) is 32.1 Å². The maximum absolute atomic E-state index is 13.1. The summed E-state index contributed by atoms with van der Waals surface area (Å²) in [6, 6.07) is 7.02. The third-order valence-electron chi connectivity index (χ3n) is 5.09. The smallest absolute Gasteiger partial charge is 0.244 e. The highest BCUT2D eigenvalue weighted by atomic mass is 32.2. The van der Waals surface area contributed by atoms with Gasteiger partial charge in [0.15, 0.2) is 0 Å². The lowest BCUT2D eigenvalue weighted by molar-refractivity contribution is 0.104. The van der Waals surface area contributed by atoms with Gasteiger partial charge in [-0.25, -0.2) is 17.7 Å². The number of ketones is 1. The van der Waals surface area contributed by atoms with Crippen LogP contribution in [-0.2, 0) is 10.0 Å². The molecule has 0 radical (unpaired) electrons. The average Bonchev–Trinajstić information content (AvgIpc) is 2.72. The van der Waals surface area contributed by atoms with E-state index in [1.165, 1.54) is 24.5 Å². The fourth-order valence-corrected chi connectivity index (χ4v) is 4.46. The molecule has 0 atom stereocenters. The summed E-state index contributed by atoms with van der Waals surface area (Å²) in [7, 11) is -0.648. The normalized spacial score (nSPS) is 15.0. The zero-order chi connectivity index (χ0) is 22.1. The summed E-state index contributed by atoms with van der Waals surface area (Å²) < 4.78 is 27.3. The third-order valence-corrected chi connectivity index (χ3v) is 6.94. The van der Waals surface area contributed by atoms with Gasteiger partial charge in [-0.1, -0.05) is 0 Å². The molecule has 1 aliphatic carbocycles. The number of benzene rings is 1. The molecule has 1 aromatic heterocycles. The molecule has 0 saturated carbocycles. The third kappa shape index (κ3) is 3.93. The van der Waals surface area contributed by atoms with Crippen molar-refractivity contribution < 1.29 is 13.2 Å². The molecule has 1 aromatic carbocycles. The highest BCUT2D eigenvalue weighted by Crippen LogP contribution is 2.34. The van der Waals surface area contributed by atoms with Crippen LogP contribution in [-0.4, -0.2) is 56.4 Å². The summed E-state index contributed by atoms with van der Waals surface area (Å²) in [5.74, 6) is -0.172. The van der Waals surface area contributed by atoms with Crippen LogP contribution in [0, 0.1) is 6.92 Å². The van der Waals surface area contributed by atoms with Gasteiger partial charge in [0.25, 0.3) is 0 Å². The van der Waals surface area contributed by atoms with Gasteiger partial charge in [-0.15, -0.1) is 0 Å². The molecule has 1 aliphatic rings. The van der Waals surface area contributed by atoms with E-state index >= 15 is 0 Å². The Morgan fingerprint density at radius 1 is 1.10 bits per heavy atom. The summed E-state index contributed by atoms with van der Waals surface area (Å²) in [5.41, 5.74) is 3.59. The Hall–Kier alpha value is -2.84.